The Morgan fingerprint density at radius 2 is 1.00 bits per heavy atom. The Bertz CT molecular complexity index is 274. The second-order valence-electron chi connectivity index (χ2n) is 7.09. The summed E-state index contributed by atoms with van der Waals surface area (Å²) in [5.41, 5.74) is 0. The lowest BCUT2D eigenvalue weighted by Crippen LogP contribution is -2.25. The molecule has 0 spiro atoms. The number of hydrogen-bond donors (Lipinski definition) is 4. The predicted octanol–water partition coefficient (Wildman–Crippen LogP) is 3.97. The smallest absolute Gasteiger partial charge is 0.100 e. The van der Waals surface area contributed by atoms with Crippen LogP contribution in [-0.2, 0) is 4.74 Å². The molecule has 2 atom stereocenters. The highest BCUT2D eigenvalue weighted by molar-refractivity contribution is 4.81. The van der Waals surface area contributed by atoms with E-state index in [4.69, 9.17) is 25.2 Å². The Morgan fingerprint density at radius 1 is 0.630 bits per heavy atom. The summed E-state index contributed by atoms with van der Waals surface area (Å²) < 4.78 is 4.72. The van der Waals surface area contributed by atoms with Crippen molar-refractivity contribution in [1.29, 1.82) is 0 Å². The fraction of sp³-hybridized carbons (Fsp3) is 0.909. The van der Waals surface area contributed by atoms with E-state index < -0.39 is 12.2 Å². The second kappa shape index (κ2) is 25.5. The fourth-order valence-corrected chi connectivity index (χ4v) is 2.41. The van der Waals surface area contributed by atoms with Gasteiger partial charge in [-0.1, -0.05) is 77.4 Å². The molecule has 4 N–H and O–H groups in total. The normalized spacial score (nSPS) is 13.4. The van der Waals surface area contributed by atoms with Crippen LogP contribution in [0.15, 0.2) is 12.2 Å². The van der Waals surface area contributed by atoms with E-state index in [0.29, 0.717) is 0 Å². The molecule has 2 unspecified atom stereocenters. The van der Waals surface area contributed by atoms with Gasteiger partial charge in [0.2, 0.25) is 0 Å². The first-order valence-corrected chi connectivity index (χ1v) is 10.9. The van der Waals surface area contributed by atoms with E-state index in [0.717, 1.165) is 0 Å². The summed E-state index contributed by atoms with van der Waals surface area (Å²) in [6.07, 6.45) is 19.6. The predicted molar refractivity (Wildman–Crippen MR) is 113 cm³/mol. The van der Waals surface area contributed by atoms with Gasteiger partial charge < -0.3 is 25.2 Å². The van der Waals surface area contributed by atoms with Crippen LogP contribution in [0, 0.1) is 0 Å². The van der Waals surface area contributed by atoms with Crippen molar-refractivity contribution in [1.82, 2.24) is 0 Å². The van der Waals surface area contributed by atoms with Crippen LogP contribution in [0.4, 0.5) is 0 Å². The van der Waals surface area contributed by atoms with E-state index in [2.05, 4.69) is 26.0 Å². The highest BCUT2D eigenvalue weighted by Crippen LogP contribution is 2.08. The molecule has 0 heterocycles. The highest BCUT2D eigenvalue weighted by atomic mass is 16.5. The maximum absolute atomic E-state index is 8.72. The summed E-state index contributed by atoms with van der Waals surface area (Å²) >= 11 is 0. The number of ether oxygens (including phenoxy) is 1. The van der Waals surface area contributed by atoms with Gasteiger partial charge in [0.25, 0.3) is 0 Å². The minimum Gasteiger partial charge on any atom is -0.394 e. The Kier molecular flexibility index (Phi) is 27.2. The lowest BCUT2D eigenvalue weighted by molar-refractivity contribution is -0.0364. The van der Waals surface area contributed by atoms with E-state index in [1.807, 2.05) is 0 Å². The molecule has 0 fully saturated rings. The minimum atomic E-state index is -0.916. The van der Waals surface area contributed by atoms with Gasteiger partial charge in [0.15, 0.2) is 0 Å². The van der Waals surface area contributed by atoms with Crippen LogP contribution in [0.5, 0.6) is 0 Å². The van der Waals surface area contributed by atoms with E-state index >= 15 is 0 Å². The fourth-order valence-electron chi connectivity index (χ4n) is 2.41. The minimum absolute atomic E-state index is 0.0342. The zero-order valence-corrected chi connectivity index (χ0v) is 17.8. The third-order valence-electron chi connectivity index (χ3n) is 4.16. The first-order valence-electron chi connectivity index (χ1n) is 10.9. The summed E-state index contributed by atoms with van der Waals surface area (Å²) in [4.78, 5) is 0. The van der Waals surface area contributed by atoms with Crippen LogP contribution in [0.3, 0.4) is 0 Å². The standard InChI is InChI=1S/C16H32.C6H14O5/c1-3-5-7-9-11-13-15-16-14-12-10-8-6-4-2;7-1-5(9)3-11-4-6(10)2-8/h13,15H,3-12,14,16H2,1-2H3;5-10H,1-4H2. The number of allylic oxidation sites excluding steroid dienone is 2. The van der Waals surface area contributed by atoms with Gasteiger partial charge >= 0.3 is 0 Å². The zero-order valence-electron chi connectivity index (χ0n) is 17.8. The van der Waals surface area contributed by atoms with Crippen molar-refractivity contribution in [3.8, 4) is 0 Å². The van der Waals surface area contributed by atoms with Crippen LogP contribution in [-0.4, -0.2) is 59.1 Å². The Morgan fingerprint density at radius 3 is 1.41 bits per heavy atom. The summed E-state index contributed by atoms with van der Waals surface area (Å²) in [5, 5.41) is 34.1. The van der Waals surface area contributed by atoms with Gasteiger partial charge in [0.05, 0.1) is 26.4 Å². The van der Waals surface area contributed by atoms with Crippen molar-refractivity contribution >= 4 is 0 Å². The largest absolute Gasteiger partial charge is 0.394 e. The summed E-state index contributed by atoms with van der Waals surface area (Å²) in [7, 11) is 0. The van der Waals surface area contributed by atoms with Crippen LogP contribution in [0.25, 0.3) is 0 Å². The molecule has 0 bridgehead atoms. The Labute approximate surface area is 167 Å². The van der Waals surface area contributed by atoms with Gasteiger partial charge in [-0.15, -0.1) is 0 Å². The van der Waals surface area contributed by atoms with Crippen molar-refractivity contribution in [3.63, 3.8) is 0 Å². The molecule has 0 saturated heterocycles. The van der Waals surface area contributed by atoms with Gasteiger partial charge in [-0.25, -0.2) is 0 Å². The van der Waals surface area contributed by atoms with Crippen molar-refractivity contribution in [3.05, 3.63) is 12.2 Å². The maximum atomic E-state index is 8.72. The van der Waals surface area contributed by atoms with Crippen molar-refractivity contribution in [2.45, 2.75) is 103 Å². The Hall–Kier alpha value is -0.460. The monoisotopic (exact) mass is 390 g/mol. The SMILES string of the molecule is CCCCCCC=CCCCCCCCC.OCC(O)COCC(O)CO. The average molecular weight is 391 g/mol. The highest BCUT2D eigenvalue weighted by Gasteiger charge is 2.04. The third-order valence-corrected chi connectivity index (χ3v) is 4.16. The first kappa shape index (κ1) is 28.7. The molecule has 0 aliphatic heterocycles. The molecular weight excluding hydrogens is 344 g/mol. The van der Waals surface area contributed by atoms with Crippen molar-refractivity contribution in [2.24, 2.45) is 0 Å². The van der Waals surface area contributed by atoms with E-state index in [9.17, 15) is 0 Å². The number of hydrogen-bond acceptors (Lipinski definition) is 5. The van der Waals surface area contributed by atoms with Gasteiger partial charge in [0, 0.05) is 0 Å². The number of aliphatic hydroxyl groups excluding tert-OH is 4. The second-order valence-corrected chi connectivity index (χ2v) is 7.09. The molecule has 5 nitrogen and oxygen atoms in total. The molecule has 0 aromatic carbocycles. The molecule has 0 aliphatic carbocycles. The van der Waals surface area contributed by atoms with Crippen LogP contribution in [0.1, 0.15) is 90.9 Å². The number of unbranched alkanes of at least 4 members (excludes halogenated alkanes) is 10. The van der Waals surface area contributed by atoms with E-state index in [1.54, 1.807) is 0 Å². The van der Waals surface area contributed by atoms with Gasteiger partial charge in [-0.05, 0) is 25.7 Å². The van der Waals surface area contributed by atoms with Crippen LogP contribution >= 0.6 is 0 Å². The average Bonchev–Trinajstić information content (AvgIpc) is 2.69. The van der Waals surface area contributed by atoms with Gasteiger partial charge in [-0.2, -0.15) is 0 Å². The van der Waals surface area contributed by atoms with Gasteiger partial charge in [0.1, 0.15) is 12.2 Å². The van der Waals surface area contributed by atoms with Crippen LogP contribution < -0.4 is 0 Å². The molecule has 0 aromatic heterocycles. The molecule has 27 heavy (non-hydrogen) atoms. The number of aliphatic hydroxyl groups is 4. The topological polar surface area (TPSA) is 90.2 Å². The summed E-state index contributed by atoms with van der Waals surface area (Å²) in [5.74, 6) is 0. The lowest BCUT2D eigenvalue weighted by atomic mass is 10.1. The van der Waals surface area contributed by atoms with Crippen molar-refractivity contribution < 1.29 is 25.2 Å². The molecule has 0 aliphatic rings. The quantitative estimate of drug-likeness (QED) is 0.210. The molecule has 0 aromatic rings. The van der Waals surface area contributed by atoms with Crippen molar-refractivity contribution in [2.75, 3.05) is 26.4 Å². The summed E-state index contributed by atoms with van der Waals surface area (Å²) in [6, 6.07) is 0. The molecule has 0 radical (unpaired) electrons. The molecule has 0 saturated carbocycles. The summed E-state index contributed by atoms with van der Waals surface area (Å²) in [6.45, 7) is 3.75. The lowest BCUT2D eigenvalue weighted by Gasteiger charge is -2.10. The van der Waals surface area contributed by atoms with Crippen LogP contribution in [0.2, 0.25) is 0 Å². The first-order chi connectivity index (χ1) is 13.1. The van der Waals surface area contributed by atoms with Gasteiger partial charge in [-0.3, -0.25) is 0 Å². The number of rotatable bonds is 18. The van der Waals surface area contributed by atoms with E-state index in [-0.39, 0.29) is 26.4 Å². The molecular formula is C22H46O5. The third kappa shape index (κ3) is 27.9. The zero-order chi connectivity index (χ0) is 20.6. The maximum Gasteiger partial charge on any atom is 0.100 e. The molecule has 0 rings (SSSR count). The molecule has 5 heteroatoms. The van der Waals surface area contributed by atoms with E-state index in [1.165, 1.54) is 77.0 Å². The molecule has 164 valence electrons. The Balaban J connectivity index is 0. The molecule has 0 amide bonds.